The molecule has 0 bridgehead atoms. The molecule has 1 saturated heterocycles. The summed E-state index contributed by atoms with van der Waals surface area (Å²) in [5, 5.41) is 17.6. The fourth-order valence-electron chi connectivity index (χ4n) is 3.27. The number of aliphatic carboxylic acids is 1. The van der Waals surface area contributed by atoms with Gasteiger partial charge in [0, 0.05) is 11.1 Å². The zero-order valence-electron chi connectivity index (χ0n) is 16.6. The number of carboxylic acid groups (broad SMARTS) is 1. The lowest BCUT2D eigenvalue weighted by Gasteiger charge is -2.49. The van der Waals surface area contributed by atoms with Crippen LogP contribution in [0.25, 0.3) is 0 Å². The molecule has 1 saturated carbocycles. The number of fused-ring (bicyclic) bond motifs is 1. The lowest BCUT2D eigenvalue weighted by atomic mass is 10.0. The van der Waals surface area contributed by atoms with Gasteiger partial charge in [0.1, 0.15) is 29.4 Å². The quantitative estimate of drug-likeness (QED) is 0.296. The van der Waals surface area contributed by atoms with Crippen LogP contribution >= 0.6 is 23.1 Å². The van der Waals surface area contributed by atoms with Crippen LogP contribution in [0.2, 0.25) is 0 Å². The van der Waals surface area contributed by atoms with Gasteiger partial charge in [-0.25, -0.2) is 9.78 Å². The first-order valence-corrected chi connectivity index (χ1v) is 11.6. The van der Waals surface area contributed by atoms with E-state index in [1.165, 1.54) is 16.7 Å². The number of rotatable bonds is 8. The topological polar surface area (TPSA) is 147 Å². The molecule has 3 heterocycles. The third-order valence-electron chi connectivity index (χ3n) is 5.00. The maximum Gasteiger partial charge on any atom is 0.352 e. The minimum Gasteiger partial charge on any atom is -0.477 e. The number of nitrogens with zero attached hydrogens (tertiary/aromatic N) is 3. The number of hydrogen-bond acceptors (Lipinski definition) is 9. The number of anilines is 1. The lowest BCUT2D eigenvalue weighted by Crippen LogP contribution is -2.71. The van der Waals surface area contributed by atoms with E-state index in [1.807, 2.05) is 0 Å². The van der Waals surface area contributed by atoms with E-state index in [-0.39, 0.29) is 22.2 Å². The molecule has 3 aliphatic rings. The first-order valence-electron chi connectivity index (χ1n) is 9.66. The van der Waals surface area contributed by atoms with Crippen LogP contribution in [-0.2, 0) is 19.2 Å². The number of β-lactam (4-membered cyclic amide) rings is 1. The molecule has 2 fully saturated rings. The molecular weight excluding hydrogens is 442 g/mol. The van der Waals surface area contributed by atoms with Crippen molar-refractivity contribution in [1.29, 1.82) is 0 Å². The Hall–Kier alpha value is -2.86. The maximum absolute atomic E-state index is 12.9. The smallest absolute Gasteiger partial charge is 0.352 e. The molecule has 12 heteroatoms. The van der Waals surface area contributed by atoms with Crippen molar-refractivity contribution in [3.63, 3.8) is 0 Å². The van der Waals surface area contributed by atoms with E-state index in [2.05, 4.69) is 15.5 Å². The van der Waals surface area contributed by atoms with Gasteiger partial charge in [0.15, 0.2) is 10.8 Å². The minimum atomic E-state index is -1.18. The van der Waals surface area contributed by atoms with Crippen molar-refractivity contribution in [1.82, 2.24) is 15.2 Å². The van der Waals surface area contributed by atoms with E-state index in [0.29, 0.717) is 23.9 Å². The summed E-state index contributed by atoms with van der Waals surface area (Å²) in [5.41, 5.74) is 6.39. The molecule has 31 heavy (non-hydrogen) atoms. The summed E-state index contributed by atoms with van der Waals surface area (Å²) in [6, 6.07) is -0.872. The van der Waals surface area contributed by atoms with Crippen LogP contribution in [-0.4, -0.2) is 62.3 Å². The summed E-state index contributed by atoms with van der Waals surface area (Å²) in [4.78, 5) is 48.0. The van der Waals surface area contributed by atoms with Crippen LogP contribution in [0.15, 0.2) is 34.0 Å². The summed E-state index contributed by atoms with van der Waals surface area (Å²) in [5.74, 6) is -1.42. The van der Waals surface area contributed by atoms with Crippen molar-refractivity contribution in [3.8, 4) is 0 Å². The number of nitrogens with one attached hydrogen (secondary N) is 1. The minimum absolute atomic E-state index is 0.0497. The number of aromatic nitrogens is 1. The number of allylic oxidation sites excluding steroid dienone is 2. The van der Waals surface area contributed by atoms with Crippen LogP contribution < -0.4 is 11.1 Å². The predicted octanol–water partition coefficient (Wildman–Crippen LogP) is 1.17. The Morgan fingerprint density at radius 1 is 1.48 bits per heavy atom. The van der Waals surface area contributed by atoms with E-state index >= 15 is 0 Å². The van der Waals surface area contributed by atoms with Gasteiger partial charge in [0.05, 0.1) is 0 Å². The fraction of sp³-hybridized carbons (Fsp3) is 0.421. The molecule has 0 radical (unpaired) electrons. The van der Waals surface area contributed by atoms with Crippen molar-refractivity contribution in [2.75, 3.05) is 18.1 Å². The number of carbonyl (C=O) groups is 3. The van der Waals surface area contributed by atoms with Crippen LogP contribution in [0.3, 0.4) is 0 Å². The SMILES string of the molecule is C/C=C\C1=C(C(=O)O)N2C(=O)C(NC(=O)/C(=N\OCC3CC3)c3csc(N)n3)[C@@H]2SC1. The number of amides is 2. The Bertz CT molecular complexity index is 1010. The highest BCUT2D eigenvalue weighted by Gasteiger charge is 2.54. The molecule has 1 aromatic rings. The van der Waals surface area contributed by atoms with Gasteiger partial charge in [-0.05, 0) is 31.3 Å². The van der Waals surface area contributed by atoms with Crippen molar-refractivity contribution in [2.24, 2.45) is 11.1 Å². The van der Waals surface area contributed by atoms with Gasteiger partial charge in [-0.15, -0.1) is 23.1 Å². The van der Waals surface area contributed by atoms with Crippen LogP contribution in [0, 0.1) is 5.92 Å². The van der Waals surface area contributed by atoms with Gasteiger partial charge in [0.25, 0.3) is 11.8 Å². The number of thiazole rings is 1. The second-order valence-electron chi connectivity index (χ2n) is 7.29. The fourth-order valence-corrected chi connectivity index (χ4v) is 5.14. The molecule has 164 valence electrons. The summed E-state index contributed by atoms with van der Waals surface area (Å²) >= 11 is 2.55. The molecule has 2 amide bonds. The molecular formula is C19H21N5O5S2. The zero-order valence-corrected chi connectivity index (χ0v) is 18.2. The summed E-state index contributed by atoms with van der Waals surface area (Å²) in [6.07, 6.45) is 5.55. The normalized spacial score (nSPS) is 23.6. The van der Waals surface area contributed by atoms with Crippen LogP contribution in [0.4, 0.5) is 5.13 Å². The molecule has 10 nitrogen and oxygen atoms in total. The van der Waals surface area contributed by atoms with E-state index in [9.17, 15) is 19.5 Å². The third-order valence-corrected chi connectivity index (χ3v) is 6.97. The van der Waals surface area contributed by atoms with Gasteiger partial charge < -0.3 is 21.0 Å². The van der Waals surface area contributed by atoms with E-state index in [1.54, 1.807) is 24.5 Å². The van der Waals surface area contributed by atoms with Crippen LogP contribution in [0.5, 0.6) is 0 Å². The predicted molar refractivity (Wildman–Crippen MR) is 116 cm³/mol. The van der Waals surface area contributed by atoms with Crippen molar-refractivity contribution >= 4 is 51.7 Å². The molecule has 0 spiro atoms. The Labute approximate surface area is 186 Å². The van der Waals surface area contributed by atoms with Crippen LogP contribution in [0.1, 0.15) is 25.5 Å². The number of nitrogens with two attached hydrogens (primary N) is 1. The van der Waals surface area contributed by atoms with E-state index in [4.69, 9.17) is 10.6 Å². The zero-order chi connectivity index (χ0) is 22.1. The Kier molecular flexibility index (Phi) is 6.01. The van der Waals surface area contributed by atoms with Gasteiger partial charge in [-0.2, -0.15) is 0 Å². The van der Waals surface area contributed by atoms with Crippen molar-refractivity contribution < 1.29 is 24.3 Å². The van der Waals surface area contributed by atoms with E-state index < -0.39 is 29.2 Å². The van der Waals surface area contributed by atoms with Gasteiger partial charge in [-0.1, -0.05) is 17.3 Å². The summed E-state index contributed by atoms with van der Waals surface area (Å²) in [7, 11) is 0. The second-order valence-corrected chi connectivity index (χ2v) is 9.28. The maximum atomic E-state index is 12.9. The number of oxime groups is 1. The molecule has 2 atom stereocenters. The van der Waals surface area contributed by atoms with Crippen molar-refractivity contribution in [3.05, 3.63) is 34.5 Å². The third kappa shape index (κ3) is 4.30. The van der Waals surface area contributed by atoms with Crippen molar-refractivity contribution in [2.45, 2.75) is 31.2 Å². The molecule has 1 unspecified atom stereocenters. The molecule has 4 rings (SSSR count). The molecule has 1 aromatic heterocycles. The standard InChI is InChI=1S/C19H21N5O5S2/c1-2-3-10-7-30-17-13(16(26)24(17)14(10)18(27)28)22-15(25)12(11-8-31-19(20)21-11)23-29-6-9-4-5-9/h2-3,8-9,13,17H,4-7H2,1H3,(H2,20,21)(H,22,25)(H,27,28)/b3-2-,23-12-/t13?,17-/m0/s1. The first-order chi connectivity index (χ1) is 14.9. The lowest BCUT2D eigenvalue weighted by molar-refractivity contribution is -0.150. The molecule has 2 aliphatic heterocycles. The number of thioether (sulfide) groups is 1. The highest BCUT2D eigenvalue weighted by atomic mass is 32.2. The van der Waals surface area contributed by atoms with Gasteiger partial charge in [0.2, 0.25) is 0 Å². The average Bonchev–Trinajstić information content (AvgIpc) is 3.47. The Balaban J connectivity index is 1.51. The second kappa shape index (κ2) is 8.71. The number of nitrogen functional groups attached to an aromatic ring is 1. The first kappa shape index (κ1) is 21.4. The Morgan fingerprint density at radius 2 is 2.26 bits per heavy atom. The van der Waals surface area contributed by atoms with Gasteiger partial charge in [-0.3, -0.25) is 14.5 Å². The monoisotopic (exact) mass is 463 g/mol. The number of carboxylic acids is 1. The molecule has 1 aliphatic carbocycles. The highest BCUT2D eigenvalue weighted by Crippen LogP contribution is 2.40. The molecule has 4 N–H and O–H groups in total. The summed E-state index contributed by atoms with van der Waals surface area (Å²) < 4.78 is 0. The number of carbonyl (C=O) groups excluding carboxylic acids is 2. The summed E-state index contributed by atoms with van der Waals surface area (Å²) in [6.45, 7) is 2.19. The number of hydrogen-bond donors (Lipinski definition) is 3. The molecule has 0 aromatic carbocycles. The van der Waals surface area contributed by atoms with Gasteiger partial charge >= 0.3 is 5.97 Å². The average molecular weight is 464 g/mol. The highest BCUT2D eigenvalue weighted by molar-refractivity contribution is 8.00. The Morgan fingerprint density at radius 3 is 2.87 bits per heavy atom. The largest absolute Gasteiger partial charge is 0.477 e. The van der Waals surface area contributed by atoms with E-state index in [0.717, 1.165) is 24.2 Å².